The molecule has 0 atom stereocenters. The fraction of sp³-hybridized carbons (Fsp3) is 0.400. The molecule has 1 aliphatic carbocycles. The first kappa shape index (κ1) is 17.4. The van der Waals surface area contributed by atoms with Crippen LogP contribution in [-0.2, 0) is 0 Å². The molecule has 2 fully saturated rings. The molecule has 28 heavy (non-hydrogen) atoms. The predicted molar refractivity (Wildman–Crippen MR) is 111 cm³/mol. The lowest BCUT2D eigenvalue weighted by Crippen LogP contribution is -2.47. The lowest BCUT2D eigenvalue weighted by atomic mass is 10.2. The van der Waals surface area contributed by atoms with Crippen molar-refractivity contribution in [3.8, 4) is 0 Å². The predicted octanol–water partition coefficient (Wildman–Crippen LogP) is 2.70. The van der Waals surface area contributed by atoms with E-state index in [0.717, 1.165) is 49.2 Å². The number of nitrogens with zero attached hydrogens (tertiary/aromatic N) is 5. The summed E-state index contributed by atoms with van der Waals surface area (Å²) in [6.45, 7) is 5.61. The van der Waals surface area contributed by atoms with Crippen LogP contribution in [0.4, 0.5) is 11.6 Å². The minimum Gasteiger partial charge on any atom is -0.366 e. The van der Waals surface area contributed by atoms with Gasteiger partial charge in [-0.1, -0.05) is 0 Å². The number of fused-ring (bicyclic) bond motifs is 1. The number of aromatic nitrogens is 3. The second-order valence-corrected chi connectivity index (χ2v) is 8.40. The average molecular weight is 395 g/mol. The van der Waals surface area contributed by atoms with E-state index in [1.165, 1.54) is 23.1 Å². The third-order valence-electron chi connectivity index (χ3n) is 5.47. The molecule has 3 aromatic heterocycles. The fourth-order valence-corrected chi connectivity index (χ4v) is 4.64. The molecule has 0 unspecified atom stereocenters. The van der Waals surface area contributed by atoms with Crippen LogP contribution in [0.2, 0.25) is 0 Å². The first-order chi connectivity index (χ1) is 13.6. The number of nitrogens with two attached hydrogens (primary N) is 1. The number of carbonyl (C=O) groups is 1. The van der Waals surface area contributed by atoms with Gasteiger partial charge in [0.25, 0.3) is 0 Å². The minimum atomic E-state index is -0.450. The van der Waals surface area contributed by atoms with E-state index in [9.17, 15) is 4.79 Å². The topological polar surface area (TPSA) is 88.2 Å². The van der Waals surface area contributed by atoms with Crippen molar-refractivity contribution in [2.24, 2.45) is 5.73 Å². The standard InChI is InChI=1S/C20H22N6OS/c1-12-11-28-17-16(12)23-19(13-2-3-13)24-20(17)26-8-6-25(7-9-26)15-5-4-14(10-22-15)18(21)27/h4-5,10-11,13H,2-3,6-9H2,1H3,(H2,21,27). The second-order valence-electron chi connectivity index (χ2n) is 7.52. The molecule has 0 spiro atoms. The zero-order valence-corrected chi connectivity index (χ0v) is 16.6. The Balaban J connectivity index is 1.37. The number of anilines is 2. The summed E-state index contributed by atoms with van der Waals surface area (Å²) in [6.07, 6.45) is 3.96. The Morgan fingerprint density at radius 2 is 1.89 bits per heavy atom. The Morgan fingerprint density at radius 3 is 2.54 bits per heavy atom. The van der Waals surface area contributed by atoms with Gasteiger partial charge in [-0.05, 0) is 42.8 Å². The fourth-order valence-electron chi connectivity index (χ4n) is 3.64. The Labute approximate surface area is 167 Å². The number of hydrogen-bond acceptors (Lipinski definition) is 7. The van der Waals surface area contributed by atoms with Gasteiger partial charge in [-0.25, -0.2) is 15.0 Å². The number of thiophene rings is 1. The average Bonchev–Trinajstić information content (AvgIpc) is 3.51. The summed E-state index contributed by atoms with van der Waals surface area (Å²) < 4.78 is 1.19. The third kappa shape index (κ3) is 3.07. The number of hydrogen-bond donors (Lipinski definition) is 1. The van der Waals surface area contributed by atoms with E-state index in [2.05, 4.69) is 27.1 Å². The molecule has 0 bridgehead atoms. The van der Waals surface area contributed by atoms with E-state index in [0.29, 0.717) is 11.5 Å². The molecule has 1 saturated heterocycles. The van der Waals surface area contributed by atoms with Crippen LogP contribution in [0.25, 0.3) is 10.2 Å². The van der Waals surface area contributed by atoms with Gasteiger partial charge < -0.3 is 15.5 Å². The smallest absolute Gasteiger partial charge is 0.250 e. The normalized spacial score (nSPS) is 17.3. The quantitative estimate of drug-likeness (QED) is 0.732. The van der Waals surface area contributed by atoms with Crippen molar-refractivity contribution in [3.63, 3.8) is 0 Å². The van der Waals surface area contributed by atoms with Crippen molar-refractivity contribution in [1.29, 1.82) is 0 Å². The molecule has 4 heterocycles. The number of pyridine rings is 1. The molecule has 144 valence electrons. The van der Waals surface area contributed by atoms with Crippen LogP contribution in [-0.4, -0.2) is 47.0 Å². The molecule has 8 heteroatoms. The third-order valence-corrected chi connectivity index (χ3v) is 6.55. The van der Waals surface area contributed by atoms with Crippen molar-refractivity contribution in [1.82, 2.24) is 15.0 Å². The molecule has 7 nitrogen and oxygen atoms in total. The summed E-state index contributed by atoms with van der Waals surface area (Å²) in [5, 5.41) is 2.18. The van der Waals surface area contributed by atoms with Gasteiger partial charge in [0.05, 0.1) is 15.8 Å². The molecule has 1 aliphatic heterocycles. The van der Waals surface area contributed by atoms with Gasteiger partial charge in [0, 0.05) is 38.3 Å². The molecule has 2 N–H and O–H groups in total. The van der Waals surface area contributed by atoms with Crippen molar-refractivity contribution in [2.75, 3.05) is 36.0 Å². The van der Waals surface area contributed by atoms with Crippen LogP contribution >= 0.6 is 11.3 Å². The van der Waals surface area contributed by atoms with Crippen LogP contribution in [0.5, 0.6) is 0 Å². The molecule has 2 aliphatic rings. The molecule has 1 saturated carbocycles. The maximum Gasteiger partial charge on any atom is 0.250 e. The van der Waals surface area contributed by atoms with E-state index in [-0.39, 0.29) is 0 Å². The molecule has 0 aromatic carbocycles. The second kappa shape index (κ2) is 6.70. The zero-order valence-electron chi connectivity index (χ0n) is 15.8. The summed E-state index contributed by atoms with van der Waals surface area (Å²) in [4.78, 5) is 30.1. The molecular formula is C20H22N6OS. The first-order valence-electron chi connectivity index (χ1n) is 9.61. The highest BCUT2D eigenvalue weighted by atomic mass is 32.1. The monoisotopic (exact) mass is 394 g/mol. The van der Waals surface area contributed by atoms with Gasteiger partial charge in [0.2, 0.25) is 5.91 Å². The van der Waals surface area contributed by atoms with Crippen LogP contribution in [0.3, 0.4) is 0 Å². The van der Waals surface area contributed by atoms with Gasteiger partial charge >= 0.3 is 0 Å². The Bertz CT molecular complexity index is 1030. The summed E-state index contributed by atoms with van der Waals surface area (Å²) >= 11 is 1.74. The maximum absolute atomic E-state index is 11.2. The van der Waals surface area contributed by atoms with Gasteiger partial charge in [0.15, 0.2) is 5.82 Å². The van der Waals surface area contributed by atoms with Crippen LogP contribution in [0, 0.1) is 6.92 Å². The molecule has 5 rings (SSSR count). The van der Waals surface area contributed by atoms with Gasteiger partial charge in [-0.2, -0.15) is 0 Å². The molecular weight excluding hydrogens is 372 g/mol. The summed E-state index contributed by atoms with van der Waals surface area (Å²) in [6, 6.07) is 3.60. The highest BCUT2D eigenvalue weighted by Gasteiger charge is 2.30. The van der Waals surface area contributed by atoms with Crippen molar-refractivity contribution >= 4 is 39.1 Å². The highest BCUT2D eigenvalue weighted by molar-refractivity contribution is 7.18. The van der Waals surface area contributed by atoms with Crippen molar-refractivity contribution < 1.29 is 4.79 Å². The van der Waals surface area contributed by atoms with E-state index in [1.54, 1.807) is 23.6 Å². The maximum atomic E-state index is 11.2. The van der Waals surface area contributed by atoms with E-state index in [4.69, 9.17) is 15.7 Å². The van der Waals surface area contributed by atoms with Crippen LogP contribution < -0.4 is 15.5 Å². The van der Waals surface area contributed by atoms with Gasteiger partial charge in [-0.15, -0.1) is 11.3 Å². The lowest BCUT2D eigenvalue weighted by molar-refractivity contribution is 0.1000. The minimum absolute atomic E-state index is 0.437. The van der Waals surface area contributed by atoms with Crippen molar-refractivity contribution in [3.05, 3.63) is 40.7 Å². The van der Waals surface area contributed by atoms with E-state index >= 15 is 0 Å². The van der Waals surface area contributed by atoms with Crippen LogP contribution in [0.15, 0.2) is 23.7 Å². The molecule has 1 amide bonds. The lowest BCUT2D eigenvalue weighted by Gasteiger charge is -2.36. The Kier molecular flexibility index (Phi) is 4.16. The zero-order chi connectivity index (χ0) is 19.3. The van der Waals surface area contributed by atoms with Gasteiger partial charge in [0.1, 0.15) is 11.6 Å². The molecule has 0 radical (unpaired) electrons. The number of carbonyl (C=O) groups excluding carboxylic acids is 1. The van der Waals surface area contributed by atoms with Crippen molar-refractivity contribution in [2.45, 2.75) is 25.7 Å². The number of amides is 1. The number of primary amides is 1. The van der Waals surface area contributed by atoms with E-state index in [1.807, 2.05) is 6.07 Å². The number of aryl methyl sites for hydroxylation is 1. The Hall–Kier alpha value is -2.74. The first-order valence-corrected chi connectivity index (χ1v) is 10.5. The number of rotatable bonds is 4. The van der Waals surface area contributed by atoms with Gasteiger partial charge in [-0.3, -0.25) is 4.79 Å². The summed E-state index contributed by atoms with van der Waals surface area (Å²) in [7, 11) is 0. The summed E-state index contributed by atoms with van der Waals surface area (Å²) in [5.41, 5.74) is 8.09. The largest absolute Gasteiger partial charge is 0.366 e. The Morgan fingerprint density at radius 1 is 1.14 bits per heavy atom. The highest BCUT2D eigenvalue weighted by Crippen LogP contribution is 2.41. The summed E-state index contributed by atoms with van der Waals surface area (Å²) in [5.74, 6) is 3.06. The molecule has 3 aromatic rings. The van der Waals surface area contributed by atoms with Crippen LogP contribution in [0.1, 0.15) is 40.5 Å². The van der Waals surface area contributed by atoms with E-state index < -0.39 is 5.91 Å². The number of piperazine rings is 1. The SMILES string of the molecule is Cc1csc2c(N3CCN(c4ccc(C(N)=O)cn4)CC3)nc(C3CC3)nc12.